The summed E-state index contributed by atoms with van der Waals surface area (Å²) in [6.07, 6.45) is 4.33. The number of amides is 1. The molecule has 0 aromatic heterocycles. The van der Waals surface area contributed by atoms with Gasteiger partial charge in [0.25, 0.3) is 0 Å². The summed E-state index contributed by atoms with van der Waals surface area (Å²) in [5.41, 5.74) is 6.00. The standard InChI is InChI=1S/C11H23N3O.ClH/c1-3-7-13-10(15)9(2)14-8-11(12)5-4-6-11;/h9,14H,3-8,12H2,1-2H3,(H,13,15);1H. The minimum absolute atomic E-state index is 0. The minimum atomic E-state index is -0.141. The van der Waals surface area contributed by atoms with Gasteiger partial charge in [0, 0.05) is 18.6 Å². The van der Waals surface area contributed by atoms with Crippen molar-refractivity contribution in [3.63, 3.8) is 0 Å². The first kappa shape index (κ1) is 15.7. The molecule has 1 aliphatic carbocycles. The summed E-state index contributed by atoms with van der Waals surface area (Å²) in [6.45, 7) is 5.42. The van der Waals surface area contributed by atoms with E-state index < -0.39 is 0 Å². The summed E-state index contributed by atoms with van der Waals surface area (Å²) >= 11 is 0. The lowest BCUT2D eigenvalue weighted by Crippen LogP contribution is -2.57. The van der Waals surface area contributed by atoms with E-state index in [1.54, 1.807) is 0 Å². The molecule has 0 aromatic rings. The van der Waals surface area contributed by atoms with E-state index in [2.05, 4.69) is 10.6 Å². The van der Waals surface area contributed by atoms with Gasteiger partial charge in [-0.2, -0.15) is 0 Å². The monoisotopic (exact) mass is 249 g/mol. The van der Waals surface area contributed by atoms with Crippen LogP contribution in [0.4, 0.5) is 0 Å². The molecule has 1 aliphatic rings. The van der Waals surface area contributed by atoms with Crippen molar-refractivity contribution in [3.8, 4) is 0 Å². The Hall–Kier alpha value is -0.320. The average molecular weight is 250 g/mol. The summed E-state index contributed by atoms with van der Waals surface area (Å²) in [6, 6.07) is -0.141. The van der Waals surface area contributed by atoms with Crippen LogP contribution in [0.15, 0.2) is 0 Å². The third-order valence-electron chi connectivity index (χ3n) is 3.05. The molecule has 0 aliphatic heterocycles. The summed E-state index contributed by atoms with van der Waals surface area (Å²) in [4.78, 5) is 11.5. The van der Waals surface area contributed by atoms with Crippen LogP contribution in [-0.4, -0.2) is 30.6 Å². The topological polar surface area (TPSA) is 67.2 Å². The van der Waals surface area contributed by atoms with Gasteiger partial charge in [-0.25, -0.2) is 0 Å². The van der Waals surface area contributed by atoms with E-state index >= 15 is 0 Å². The van der Waals surface area contributed by atoms with Crippen LogP contribution in [0.5, 0.6) is 0 Å². The van der Waals surface area contributed by atoms with Crippen molar-refractivity contribution in [2.75, 3.05) is 13.1 Å². The fourth-order valence-corrected chi connectivity index (χ4v) is 1.66. The number of halogens is 1. The zero-order chi connectivity index (χ0) is 11.3. The summed E-state index contributed by atoms with van der Waals surface area (Å²) in [5, 5.41) is 6.06. The van der Waals surface area contributed by atoms with Gasteiger partial charge in [-0.1, -0.05) is 6.92 Å². The Bertz CT molecular complexity index is 219. The minimum Gasteiger partial charge on any atom is -0.355 e. The fourth-order valence-electron chi connectivity index (χ4n) is 1.66. The van der Waals surface area contributed by atoms with E-state index in [9.17, 15) is 4.79 Å². The highest BCUT2D eigenvalue weighted by Gasteiger charge is 2.32. The summed E-state index contributed by atoms with van der Waals surface area (Å²) in [7, 11) is 0. The Balaban J connectivity index is 0.00000225. The Morgan fingerprint density at radius 3 is 2.56 bits per heavy atom. The number of hydrogen-bond acceptors (Lipinski definition) is 3. The first-order valence-corrected chi connectivity index (χ1v) is 5.87. The predicted octanol–water partition coefficient (Wildman–Crippen LogP) is 0.794. The third kappa shape index (κ3) is 4.68. The van der Waals surface area contributed by atoms with Gasteiger partial charge >= 0.3 is 0 Å². The number of rotatable bonds is 6. The number of carbonyl (C=O) groups excluding carboxylic acids is 1. The molecule has 0 heterocycles. The summed E-state index contributed by atoms with van der Waals surface area (Å²) < 4.78 is 0. The Kier molecular flexibility index (Phi) is 6.95. The van der Waals surface area contributed by atoms with Gasteiger partial charge in [0.15, 0.2) is 0 Å². The largest absolute Gasteiger partial charge is 0.355 e. The van der Waals surface area contributed by atoms with Crippen LogP contribution in [0, 0.1) is 0 Å². The quantitative estimate of drug-likeness (QED) is 0.652. The smallest absolute Gasteiger partial charge is 0.236 e. The lowest BCUT2D eigenvalue weighted by Gasteiger charge is -2.38. The molecule has 1 amide bonds. The number of nitrogens with two attached hydrogens (primary N) is 1. The first-order chi connectivity index (χ1) is 7.07. The van der Waals surface area contributed by atoms with Gasteiger partial charge < -0.3 is 16.4 Å². The van der Waals surface area contributed by atoms with E-state index in [0.717, 1.165) is 32.4 Å². The van der Waals surface area contributed by atoms with E-state index in [1.807, 2.05) is 13.8 Å². The maximum Gasteiger partial charge on any atom is 0.236 e. The maximum atomic E-state index is 11.5. The van der Waals surface area contributed by atoms with E-state index in [4.69, 9.17) is 5.73 Å². The molecule has 16 heavy (non-hydrogen) atoms. The lowest BCUT2D eigenvalue weighted by molar-refractivity contribution is -0.122. The van der Waals surface area contributed by atoms with Gasteiger partial charge in [0.2, 0.25) is 5.91 Å². The molecule has 1 unspecified atom stereocenters. The van der Waals surface area contributed by atoms with Gasteiger partial charge in [-0.3, -0.25) is 4.79 Å². The summed E-state index contributed by atoms with van der Waals surface area (Å²) in [5.74, 6) is 0.0692. The number of nitrogens with one attached hydrogen (secondary N) is 2. The first-order valence-electron chi connectivity index (χ1n) is 5.87. The van der Waals surface area contributed by atoms with Crippen molar-refractivity contribution in [2.45, 2.75) is 51.1 Å². The fraction of sp³-hybridized carbons (Fsp3) is 0.909. The molecule has 1 rings (SSSR count). The van der Waals surface area contributed by atoms with E-state index in [0.29, 0.717) is 0 Å². The molecule has 5 heteroatoms. The normalized spacial score (nSPS) is 19.2. The van der Waals surface area contributed by atoms with Crippen LogP contribution in [0.2, 0.25) is 0 Å². The Morgan fingerprint density at radius 1 is 1.50 bits per heavy atom. The molecular weight excluding hydrogens is 226 g/mol. The van der Waals surface area contributed by atoms with Crippen LogP contribution in [0.25, 0.3) is 0 Å². The van der Waals surface area contributed by atoms with E-state index in [-0.39, 0.29) is 29.9 Å². The van der Waals surface area contributed by atoms with Crippen molar-refractivity contribution < 1.29 is 4.79 Å². The highest BCUT2D eigenvalue weighted by atomic mass is 35.5. The van der Waals surface area contributed by atoms with Crippen LogP contribution < -0.4 is 16.4 Å². The second-order valence-electron chi connectivity index (χ2n) is 4.61. The zero-order valence-electron chi connectivity index (χ0n) is 10.2. The van der Waals surface area contributed by atoms with Crippen LogP contribution in [0.3, 0.4) is 0 Å². The zero-order valence-corrected chi connectivity index (χ0v) is 11.0. The average Bonchev–Trinajstić information content (AvgIpc) is 2.19. The van der Waals surface area contributed by atoms with Crippen LogP contribution in [0.1, 0.15) is 39.5 Å². The van der Waals surface area contributed by atoms with Crippen LogP contribution in [-0.2, 0) is 4.79 Å². The molecule has 4 N–H and O–H groups in total. The van der Waals surface area contributed by atoms with Gasteiger partial charge in [-0.05, 0) is 32.6 Å². The Morgan fingerprint density at radius 2 is 2.12 bits per heavy atom. The van der Waals surface area contributed by atoms with E-state index in [1.165, 1.54) is 6.42 Å². The van der Waals surface area contributed by atoms with Crippen molar-refractivity contribution >= 4 is 18.3 Å². The molecule has 0 radical (unpaired) electrons. The van der Waals surface area contributed by atoms with Crippen molar-refractivity contribution in [2.24, 2.45) is 5.73 Å². The second-order valence-corrected chi connectivity index (χ2v) is 4.61. The number of carbonyl (C=O) groups is 1. The predicted molar refractivity (Wildman–Crippen MR) is 68.8 cm³/mol. The van der Waals surface area contributed by atoms with Gasteiger partial charge in [0.05, 0.1) is 6.04 Å². The van der Waals surface area contributed by atoms with Crippen molar-refractivity contribution in [3.05, 3.63) is 0 Å². The molecule has 0 aromatic carbocycles. The highest BCUT2D eigenvalue weighted by Crippen LogP contribution is 2.28. The molecule has 0 saturated heterocycles. The molecule has 1 saturated carbocycles. The number of hydrogen-bond donors (Lipinski definition) is 3. The second kappa shape index (κ2) is 7.09. The molecule has 0 bridgehead atoms. The van der Waals surface area contributed by atoms with Crippen molar-refractivity contribution in [1.82, 2.24) is 10.6 Å². The Labute approximate surface area is 104 Å². The molecule has 4 nitrogen and oxygen atoms in total. The highest BCUT2D eigenvalue weighted by molar-refractivity contribution is 5.85. The lowest BCUT2D eigenvalue weighted by atomic mass is 9.77. The van der Waals surface area contributed by atoms with Gasteiger partial charge in [-0.15, -0.1) is 12.4 Å². The molecule has 1 fully saturated rings. The maximum absolute atomic E-state index is 11.5. The molecule has 0 spiro atoms. The molecule has 1 atom stereocenters. The molecular formula is C11H24ClN3O. The van der Waals surface area contributed by atoms with Gasteiger partial charge in [0.1, 0.15) is 0 Å². The molecule has 96 valence electrons. The van der Waals surface area contributed by atoms with Crippen LogP contribution >= 0.6 is 12.4 Å². The van der Waals surface area contributed by atoms with Crippen molar-refractivity contribution in [1.29, 1.82) is 0 Å². The third-order valence-corrected chi connectivity index (χ3v) is 3.05. The SMILES string of the molecule is CCCNC(=O)C(C)NCC1(N)CCC1.Cl.